The maximum absolute atomic E-state index is 12.5. The van der Waals surface area contributed by atoms with E-state index in [1.807, 2.05) is 12.1 Å². The molecular weight excluding hydrogens is 394 g/mol. The first-order chi connectivity index (χ1) is 15.3. The predicted octanol–water partition coefficient (Wildman–Crippen LogP) is 2.67. The minimum atomic E-state index is -0.299. The summed E-state index contributed by atoms with van der Waals surface area (Å²) in [4.78, 5) is 26.5. The number of benzene rings is 1. The molecule has 2 fully saturated rings. The number of nitrogens with one attached hydrogen (secondary N) is 2. The fourth-order valence-corrected chi connectivity index (χ4v) is 4.21. The van der Waals surface area contributed by atoms with E-state index in [-0.39, 0.29) is 5.56 Å². The number of morpholine rings is 1. The highest BCUT2D eigenvalue weighted by atomic mass is 16.5. The maximum Gasteiger partial charge on any atom is 0.277 e. The predicted molar refractivity (Wildman–Crippen MR) is 121 cm³/mol. The van der Waals surface area contributed by atoms with Gasteiger partial charge in [-0.05, 0) is 37.1 Å². The van der Waals surface area contributed by atoms with Gasteiger partial charge in [0.05, 0.1) is 19.4 Å². The van der Waals surface area contributed by atoms with Gasteiger partial charge < -0.3 is 19.9 Å². The molecule has 4 heterocycles. The Kier molecular flexibility index (Phi) is 5.66. The zero-order chi connectivity index (χ0) is 21.0. The molecule has 2 aliphatic heterocycles. The number of rotatable bonds is 4. The van der Waals surface area contributed by atoms with Crippen LogP contribution in [0.5, 0.6) is 0 Å². The standard InChI is InChI=1S/C22H27N7O2/c30-21-19-18(15-23-27-21)25-22(29-9-3-1-2-4-10-29)26-20(19)24-16-5-7-17(8-6-16)28-11-13-31-14-12-28/h5-8,15H,1-4,9-14H2,(H,27,30)(H,24,25,26). The molecule has 0 bridgehead atoms. The molecule has 162 valence electrons. The van der Waals surface area contributed by atoms with E-state index in [1.54, 1.807) is 6.20 Å². The molecule has 0 saturated carbocycles. The summed E-state index contributed by atoms with van der Waals surface area (Å²) in [6.07, 6.45) is 6.30. The fourth-order valence-electron chi connectivity index (χ4n) is 4.21. The maximum atomic E-state index is 12.5. The van der Waals surface area contributed by atoms with E-state index in [2.05, 4.69) is 42.4 Å². The van der Waals surface area contributed by atoms with Crippen LogP contribution in [0, 0.1) is 0 Å². The average Bonchev–Trinajstić information content (AvgIpc) is 3.10. The van der Waals surface area contributed by atoms with Crippen molar-refractivity contribution in [1.29, 1.82) is 0 Å². The van der Waals surface area contributed by atoms with Crippen molar-refractivity contribution in [2.24, 2.45) is 0 Å². The highest BCUT2D eigenvalue weighted by Crippen LogP contribution is 2.26. The number of fused-ring (bicyclic) bond motifs is 1. The van der Waals surface area contributed by atoms with Crippen molar-refractivity contribution in [1.82, 2.24) is 20.2 Å². The summed E-state index contributed by atoms with van der Waals surface area (Å²) >= 11 is 0. The van der Waals surface area contributed by atoms with E-state index < -0.39 is 0 Å². The number of nitrogens with zero attached hydrogens (tertiary/aromatic N) is 5. The molecule has 9 nitrogen and oxygen atoms in total. The van der Waals surface area contributed by atoms with Crippen molar-refractivity contribution in [3.63, 3.8) is 0 Å². The van der Waals surface area contributed by atoms with E-state index in [0.717, 1.165) is 63.6 Å². The van der Waals surface area contributed by atoms with Gasteiger partial charge in [-0.15, -0.1) is 0 Å². The lowest BCUT2D eigenvalue weighted by Gasteiger charge is -2.29. The topological polar surface area (TPSA) is 99.3 Å². The summed E-state index contributed by atoms with van der Waals surface area (Å²) in [7, 11) is 0. The van der Waals surface area contributed by atoms with Crippen LogP contribution in [-0.4, -0.2) is 59.6 Å². The van der Waals surface area contributed by atoms with Gasteiger partial charge in [0.15, 0.2) is 0 Å². The summed E-state index contributed by atoms with van der Waals surface area (Å²) in [5, 5.41) is 10.2. The second-order valence-corrected chi connectivity index (χ2v) is 8.00. The van der Waals surface area contributed by atoms with Gasteiger partial charge in [0.2, 0.25) is 5.95 Å². The van der Waals surface area contributed by atoms with Gasteiger partial charge in [0.1, 0.15) is 16.7 Å². The lowest BCUT2D eigenvalue weighted by molar-refractivity contribution is 0.122. The number of hydrogen-bond acceptors (Lipinski definition) is 8. The second kappa shape index (κ2) is 8.89. The van der Waals surface area contributed by atoms with Crippen LogP contribution in [0.4, 0.5) is 23.1 Å². The molecule has 2 N–H and O–H groups in total. The summed E-state index contributed by atoms with van der Waals surface area (Å²) in [5.74, 6) is 1.15. The van der Waals surface area contributed by atoms with Gasteiger partial charge in [0.25, 0.3) is 5.56 Å². The highest BCUT2D eigenvalue weighted by molar-refractivity contribution is 5.90. The number of anilines is 4. The van der Waals surface area contributed by atoms with E-state index in [4.69, 9.17) is 9.72 Å². The third-order valence-electron chi connectivity index (χ3n) is 5.90. The molecular formula is C22H27N7O2. The largest absolute Gasteiger partial charge is 0.378 e. The fraction of sp³-hybridized carbons (Fsp3) is 0.455. The molecule has 0 atom stereocenters. The molecule has 2 aliphatic rings. The summed E-state index contributed by atoms with van der Waals surface area (Å²) < 4.78 is 5.44. The molecule has 5 rings (SSSR count). The van der Waals surface area contributed by atoms with Crippen LogP contribution < -0.4 is 20.7 Å². The van der Waals surface area contributed by atoms with Crippen LogP contribution in [0.25, 0.3) is 10.9 Å². The number of hydrogen-bond donors (Lipinski definition) is 2. The molecule has 9 heteroatoms. The van der Waals surface area contributed by atoms with Crippen molar-refractivity contribution >= 4 is 34.0 Å². The third-order valence-corrected chi connectivity index (χ3v) is 5.90. The van der Waals surface area contributed by atoms with Gasteiger partial charge in [-0.25, -0.2) is 10.1 Å². The highest BCUT2D eigenvalue weighted by Gasteiger charge is 2.18. The summed E-state index contributed by atoms with van der Waals surface area (Å²) in [5.41, 5.74) is 2.28. The Bertz CT molecular complexity index is 1090. The molecule has 0 spiro atoms. The molecule has 0 unspecified atom stereocenters. The van der Waals surface area contributed by atoms with Gasteiger partial charge in [-0.2, -0.15) is 10.1 Å². The van der Waals surface area contributed by atoms with Crippen LogP contribution in [-0.2, 0) is 4.74 Å². The second-order valence-electron chi connectivity index (χ2n) is 8.00. The molecule has 1 aromatic carbocycles. The Balaban J connectivity index is 1.47. The van der Waals surface area contributed by atoms with E-state index in [0.29, 0.717) is 22.7 Å². The monoisotopic (exact) mass is 421 g/mol. The van der Waals surface area contributed by atoms with Gasteiger partial charge in [-0.3, -0.25) is 4.79 Å². The van der Waals surface area contributed by atoms with E-state index >= 15 is 0 Å². The first kappa shape index (κ1) is 19.7. The molecule has 2 aromatic heterocycles. The van der Waals surface area contributed by atoms with Gasteiger partial charge >= 0.3 is 0 Å². The van der Waals surface area contributed by atoms with Crippen LogP contribution >= 0.6 is 0 Å². The Hall–Kier alpha value is -3.20. The zero-order valence-electron chi connectivity index (χ0n) is 17.5. The smallest absolute Gasteiger partial charge is 0.277 e. The number of ether oxygens (including phenoxy) is 1. The Labute approximate surface area is 180 Å². The van der Waals surface area contributed by atoms with E-state index in [9.17, 15) is 4.79 Å². The molecule has 2 saturated heterocycles. The van der Waals surface area contributed by atoms with E-state index in [1.165, 1.54) is 12.8 Å². The van der Waals surface area contributed by atoms with Crippen LogP contribution in [0.15, 0.2) is 35.3 Å². The van der Waals surface area contributed by atoms with Crippen molar-refractivity contribution in [2.45, 2.75) is 25.7 Å². The zero-order valence-corrected chi connectivity index (χ0v) is 17.5. The van der Waals surface area contributed by atoms with Crippen molar-refractivity contribution < 1.29 is 4.74 Å². The number of H-pyrrole nitrogens is 1. The minimum Gasteiger partial charge on any atom is -0.378 e. The Morgan fingerprint density at radius 2 is 1.65 bits per heavy atom. The lowest BCUT2D eigenvalue weighted by atomic mass is 10.2. The average molecular weight is 422 g/mol. The number of aromatic amines is 1. The normalized spacial score (nSPS) is 17.5. The van der Waals surface area contributed by atoms with Crippen LogP contribution in [0.3, 0.4) is 0 Å². The van der Waals surface area contributed by atoms with Crippen molar-refractivity contribution in [2.75, 3.05) is 54.5 Å². The number of aromatic nitrogens is 4. The first-order valence-electron chi connectivity index (χ1n) is 11.0. The van der Waals surface area contributed by atoms with Crippen LogP contribution in [0.1, 0.15) is 25.7 Å². The molecule has 0 aliphatic carbocycles. The lowest BCUT2D eigenvalue weighted by Crippen LogP contribution is -2.36. The summed E-state index contributed by atoms with van der Waals surface area (Å²) in [6.45, 7) is 5.15. The summed E-state index contributed by atoms with van der Waals surface area (Å²) in [6, 6.07) is 8.19. The molecule has 3 aromatic rings. The molecule has 0 radical (unpaired) electrons. The molecule has 31 heavy (non-hydrogen) atoms. The first-order valence-corrected chi connectivity index (χ1v) is 11.0. The van der Waals surface area contributed by atoms with Crippen molar-refractivity contribution in [3.8, 4) is 0 Å². The van der Waals surface area contributed by atoms with Gasteiger partial charge in [0, 0.05) is 37.6 Å². The Morgan fingerprint density at radius 1 is 0.903 bits per heavy atom. The van der Waals surface area contributed by atoms with Crippen molar-refractivity contribution in [3.05, 3.63) is 40.8 Å². The van der Waals surface area contributed by atoms with Crippen LogP contribution in [0.2, 0.25) is 0 Å². The Morgan fingerprint density at radius 3 is 2.39 bits per heavy atom. The van der Waals surface area contributed by atoms with Gasteiger partial charge in [-0.1, -0.05) is 12.8 Å². The minimum absolute atomic E-state index is 0.299. The third kappa shape index (κ3) is 4.32. The quantitative estimate of drug-likeness (QED) is 0.663. The molecule has 0 amide bonds. The SMILES string of the molecule is O=c1[nH]ncc2nc(N3CCCCCC3)nc(Nc3ccc(N4CCOCC4)cc3)c12.